The number of sulfonamides is 1. The number of hydrogen-bond donors (Lipinski definition) is 3. The van der Waals surface area contributed by atoms with Crippen LogP contribution in [0.2, 0.25) is 0 Å². The molecule has 106 valence electrons. The largest absolute Gasteiger partial charge is 0.508 e. The van der Waals surface area contributed by atoms with Crippen LogP contribution in [-0.4, -0.2) is 32.9 Å². The maximum Gasteiger partial charge on any atom is 0.208 e. The Morgan fingerprint density at radius 2 is 2.16 bits per heavy atom. The fourth-order valence-electron chi connectivity index (χ4n) is 2.47. The topological polar surface area (TPSA) is 78.4 Å². The van der Waals surface area contributed by atoms with Crippen molar-refractivity contribution in [2.75, 3.05) is 19.3 Å². The van der Waals surface area contributed by atoms with E-state index in [9.17, 15) is 13.5 Å². The quantitative estimate of drug-likeness (QED) is 0.678. The Morgan fingerprint density at radius 3 is 2.89 bits per heavy atom. The summed E-state index contributed by atoms with van der Waals surface area (Å²) >= 11 is 0. The van der Waals surface area contributed by atoms with Crippen LogP contribution in [-0.2, 0) is 16.4 Å². The molecule has 0 saturated heterocycles. The summed E-state index contributed by atoms with van der Waals surface area (Å²) in [5, 5.41) is 13.1. The fraction of sp³-hybridized carbons (Fsp3) is 0.538. The molecule has 0 aliphatic heterocycles. The van der Waals surface area contributed by atoms with E-state index in [1.807, 2.05) is 12.1 Å². The van der Waals surface area contributed by atoms with Crippen molar-refractivity contribution >= 4 is 10.0 Å². The van der Waals surface area contributed by atoms with Crippen LogP contribution in [0.25, 0.3) is 0 Å². The van der Waals surface area contributed by atoms with Gasteiger partial charge in [0.2, 0.25) is 10.0 Å². The van der Waals surface area contributed by atoms with Gasteiger partial charge in [0.1, 0.15) is 5.75 Å². The van der Waals surface area contributed by atoms with E-state index in [1.54, 1.807) is 6.07 Å². The molecule has 6 heteroatoms. The molecule has 0 bridgehead atoms. The molecule has 0 radical (unpaired) electrons. The lowest BCUT2D eigenvalue weighted by Crippen LogP contribution is -2.27. The highest BCUT2D eigenvalue weighted by atomic mass is 32.2. The van der Waals surface area contributed by atoms with Crippen molar-refractivity contribution in [2.24, 2.45) is 0 Å². The summed E-state index contributed by atoms with van der Waals surface area (Å²) in [4.78, 5) is 0. The van der Waals surface area contributed by atoms with Crippen molar-refractivity contribution in [3.8, 4) is 5.75 Å². The first-order valence-corrected chi connectivity index (χ1v) is 8.35. The Morgan fingerprint density at radius 1 is 1.37 bits per heavy atom. The molecular weight excluding hydrogens is 264 g/mol. The summed E-state index contributed by atoms with van der Waals surface area (Å²) in [6, 6.07) is 5.88. The highest BCUT2D eigenvalue weighted by molar-refractivity contribution is 7.88. The van der Waals surface area contributed by atoms with Crippen LogP contribution >= 0.6 is 0 Å². The zero-order valence-electron chi connectivity index (χ0n) is 11.0. The minimum atomic E-state index is -3.09. The van der Waals surface area contributed by atoms with Crippen LogP contribution in [0.4, 0.5) is 0 Å². The standard InChI is InChI=1S/C13H20N2O3S/c1-19(17,18)15-9-3-8-14-12-7-6-11-10(12)4-2-5-13(11)16/h2,4-5,12,14-16H,3,6-9H2,1H3. The molecule has 1 aliphatic rings. The van der Waals surface area contributed by atoms with E-state index in [0.717, 1.165) is 43.2 Å². The lowest BCUT2D eigenvalue weighted by molar-refractivity contribution is 0.469. The molecule has 0 amide bonds. The highest BCUT2D eigenvalue weighted by Gasteiger charge is 2.23. The third-order valence-corrected chi connectivity index (χ3v) is 4.08. The third-order valence-electron chi connectivity index (χ3n) is 3.35. The first kappa shape index (κ1) is 14.3. The average Bonchev–Trinajstić information content (AvgIpc) is 2.72. The van der Waals surface area contributed by atoms with E-state index in [-0.39, 0.29) is 6.04 Å². The Bertz CT molecular complexity index is 543. The summed E-state index contributed by atoms with van der Waals surface area (Å²) in [6.45, 7) is 1.20. The van der Waals surface area contributed by atoms with E-state index in [0.29, 0.717) is 12.3 Å². The van der Waals surface area contributed by atoms with Crippen molar-refractivity contribution in [1.82, 2.24) is 10.0 Å². The molecule has 0 fully saturated rings. The second kappa shape index (κ2) is 5.90. The lowest BCUT2D eigenvalue weighted by Gasteiger charge is -2.14. The molecule has 0 aromatic heterocycles. The number of phenols is 1. The number of aromatic hydroxyl groups is 1. The fourth-order valence-corrected chi connectivity index (χ4v) is 2.98. The smallest absolute Gasteiger partial charge is 0.208 e. The van der Waals surface area contributed by atoms with Gasteiger partial charge < -0.3 is 10.4 Å². The van der Waals surface area contributed by atoms with E-state index >= 15 is 0 Å². The number of nitrogens with one attached hydrogen (secondary N) is 2. The molecule has 2 rings (SSSR count). The van der Waals surface area contributed by atoms with E-state index in [4.69, 9.17) is 0 Å². The van der Waals surface area contributed by atoms with Crippen LogP contribution in [0, 0.1) is 0 Å². The van der Waals surface area contributed by atoms with Crippen molar-refractivity contribution in [2.45, 2.75) is 25.3 Å². The molecule has 0 heterocycles. The molecule has 5 nitrogen and oxygen atoms in total. The zero-order valence-corrected chi connectivity index (χ0v) is 11.8. The molecule has 0 spiro atoms. The van der Waals surface area contributed by atoms with Crippen LogP contribution in [0.1, 0.15) is 30.0 Å². The molecular formula is C13H20N2O3S. The molecule has 1 atom stereocenters. The molecule has 0 saturated carbocycles. The number of fused-ring (bicyclic) bond motifs is 1. The molecule has 1 aliphatic carbocycles. The van der Waals surface area contributed by atoms with Gasteiger partial charge in [0.05, 0.1) is 6.26 Å². The van der Waals surface area contributed by atoms with Gasteiger partial charge in [-0.1, -0.05) is 12.1 Å². The van der Waals surface area contributed by atoms with Crippen molar-refractivity contribution in [3.63, 3.8) is 0 Å². The molecule has 19 heavy (non-hydrogen) atoms. The van der Waals surface area contributed by atoms with Crippen molar-refractivity contribution in [3.05, 3.63) is 29.3 Å². The average molecular weight is 284 g/mol. The Balaban J connectivity index is 1.79. The Hall–Kier alpha value is -1.11. The summed E-state index contributed by atoms with van der Waals surface area (Å²) in [6.07, 6.45) is 3.78. The van der Waals surface area contributed by atoms with Gasteiger partial charge in [0.15, 0.2) is 0 Å². The van der Waals surface area contributed by atoms with Gasteiger partial charge in [0, 0.05) is 12.6 Å². The van der Waals surface area contributed by atoms with E-state index < -0.39 is 10.0 Å². The molecule has 1 aromatic carbocycles. The van der Waals surface area contributed by atoms with Gasteiger partial charge in [0.25, 0.3) is 0 Å². The summed E-state index contributed by atoms with van der Waals surface area (Å²) in [5.74, 6) is 0.376. The van der Waals surface area contributed by atoms with Gasteiger partial charge in [-0.3, -0.25) is 0 Å². The highest BCUT2D eigenvalue weighted by Crippen LogP contribution is 2.35. The maximum atomic E-state index is 10.9. The number of rotatable bonds is 6. The monoisotopic (exact) mass is 284 g/mol. The number of phenolic OH excluding ortho intramolecular Hbond substituents is 1. The normalized spacial score (nSPS) is 18.5. The minimum Gasteiger partial charge on any atom is -0.508 e. The zero-order chi connectivity index (χ0) is 13.9. The van der Waals surface area contributed by atoms with Crippen LogP contribution < -0.4 is 10.0 Å². The molecule has 3 N–H and O–H groups in total. The van der Waals surface area contributed by atoms with E-state index in [1.165, 1.54) is 0 Å². The SMILES string of the molecule is CS(=O)(=O)NCCCNC1CCc2c(O)cccc21. The van der Waals surface area contributed by atoms with Crippen molar-refractivity contribution < 1.29 is 13.5 Å². The Labute approximate surface area is 114 Å². The molecule has 1 aromatic rings. The van der Waals surface area contributed by atoms with Gasteiger partial charge in [-0.05, 0) is 43.0 Å². The summed E-state index contributed by atoms with van der Waals surface area (Å²) < 4.78 is 24.3. The second-order valence-electron chi connectivity index (χ2n) is 4.91. The first-order chi connectivity index (χ1) is 8.97. The van der Waals surface area contributed by atoms with Crippen LogP contribution in [0.3, 0.4) is 0 Å². The minimum absolute atomic E-state index is 0.264. The summed E-state index contributed by atoms with van der Waals surface area (Å²) in [5.41, 5.74) is 2.20. The second-order valence-corrected chi connectivity index (χ2v) is 6.74. The molecule has 1 unspecified atom stereocenters. The van der Waals surface area contributed by atoms with E-state index in [2.05, 4.69) is 10.0 Å². The maximum absolute atomic E-state index is 10.9. The number of hydrogen-bond acceptors (Lipinski definition) is 4. The van der Waals surface area contributed by atoms with Gasteiger partial charge in [-0.15, -0.1) is 0 Å². The van der Waals surface area contributed by atoms with Gasteiger partial charge >= 0.3 is 0 Å². The Kier molecular flexibility index (Phi) is 4.44. The van der Waals surface area contributed by atoms with Crippen LogP contribution in [0.15, 0.2) is 18.2 Å². The van der Waals surface area contributed by atoms with Gasteiger partial charge in [-0.2, -0.15) is 0 Å². The predicted octanol–water partition coefficient (Wildman–Crippen LogP) is 0.908. The third kappa shape index (κ3) is 3.92. The number of benzene rings is 1. The lowest BCUT2D eigenvalue weighted by atomic mass is 10.1. The van der Waals surface area contributed by atoms with Crippen LogP contribution in [0.5, 0.6) is 5.75 Å². The first-order valence-electron chi connectivity index (χ1n) is 6.46. The van der Waals surface area contributed by atoms with Crippen molar-refractivity contribution in [1.29, 1.82) is 0 Å². The summed E-state index contributed by atoms with van der Waals surface area (Å²) in [7, 11) is -3.09. The predicted molar refractivity (Wildman–Crippen MR) is 74.6 cm³/mol. The van der Waals surface area contributed by atoms with Gasteiger partial charge in [-0.25, -0.2) is 13.1 Å².